The van der Waals surface area contributed by atoms with Crippen molar-refractivity contribution in [1.82, 2.24) is 5.32 Å². The number of aryl methyl sites for hydroxylation is 1. The highest BCUT2D eigenvalue weighted by Crippen LogP contribution is 2.21. The van der Waals surface area contributed by atoms with Gasteiger partial charge in [-0.2, -0.15) is 0 Å². The molecule has 0 heterocycles. The van der Waals surface area contributed by atoms with Gasteiger partial charge in [-0.15, -0.1) is 0 Å². The number of benzene rings is 2. The first-order valence-electron chi connectivity index (χ1n) is 8.31. The number of carbonyl (C=O) groups excluding carboxylic acids is 1. The maximum atomic E-state index is 12.4. The van der Waals surface area contributed by atoms with Crippen molar-refractivity contribution < 1.29 is 9.53 Å². The van der Waals surface area contributed by atoms with Crippen molar-refractivity contribution in [3.8, 4) is 5.75 Å². The Morgan fingerprint density at radius 2 is 1.88 bits per heavy atom. The summed E-state index contributed by atoms with van der Waals surface area (Å²) in [5.41, 5.74) is 3.10. The van der Waals surface area contributed by atoms with Crippen LogP contribution in [0.5, 0.6) is 5.75 Å². The number of carbonyl (C=O) groups is 1. The predicted molar refractivity (Wildman–Crippen MR) is 98.4 cm³/mol. The van der Waals surface area contributed by atoms with Crippen molar-refractivity contribution >= 4 is 11.6 Å². The van der Waals surface area contributed by atoms with E-state index in [1.165, 1.54) is 0 Å². The van der Waals surface area contributed by atoms with E-state index in [2.05, 4.69) is 17.6 Å². The molecular formula is C20H26N2O2. The van der Waals surface area contributed by atoms with Crippen molar-refractivity contribution in [2.24, 2.45) is 0 Å². The van der Waals surface area contributed by atoms with Gasteiger partial charge >= 0.3 is 0 Å². The van der Waals surface area contributed by atoms with Crippen molar-refractivity contribution in [3.63, 3.8) is 0 Å². The molecule has 0 aliphatic heterocycles. The van der Waals surface area contributed by atoms with Gasteiger partial charge in [-0.1, -0.05) is 31.2 Å². The molecule has 0 bridgehead atoms. The van der Waals surface area contributed by atoms with Crippen LogP contribution in [0.4, 0.5) is 5.69 Å². The largest absolute Gasteiger partial charge is 0.497 e. The lowest BCUT2D eigenvalue weighted by molar-refractivity contribution is -0.118. The summed E-state index contributed by atoms with van der Waals surface area (Å²) in [7, 11) is 1.66. The maximum Gasteiger partial charge on any atom is 0.241 e. The average Bonchev–Trinajstić information content (AvgIpc) is 2.59. The number of rotatable bonds is 7. The zero-order valence-corrected chi connectivity index (χ0v) is 14.8. The molecule has 4 heteroatoms. The molecule has 0 spiro atoms. The topological polar surface area (TPSA) is 50.4 Å². The zero-order chi connectivity index (χ0) is 17.5. The monoisotopic (exact) mass is 326 g/mol. The molecule has 0 fully saturated rings. The summed E-state index contributed by atoms with van der Waals surface area (Å²) in [6.07, 6.45) is 0.897. The first kappa shape index (κ1) is 18.0. The van der Waals surface area contributed by atoms with E-state index in [1.807, 2.05) is 62.4 Å². The predicted octanol–water partition coefficient (Wildman–Crippen LogP) is 4.07. The Kier molecular flexibility index (Phi) is 6.38. The minimum Gasteiger partial charge on any atom is -0.497 e. The van der Waals surface area contributed by atoms with Crippen LogP contribution in [0.15, 0.2) is 48.5 Å². The Balaban J connectivity index is 1.99. The van der Waals surface area contributed by atoms with Gasteiger partial charge in [-0.3, -0.25) is 10.1 Å². The summed E-state index contributed by atoms with van der Waals surface area (Å²) < 4.78 is 5.19. The number of anilines is 1. The third kappa shape index (κ3) is 4.83. The third-order valence-corrected chi connectivity index (χ3v) is 4.06. The van der Waals surface area contributed by atoms with Gasteiger partial charge in [0.05, 0.1) is 13.2 Å². The summed E-state index contributed by atoms with van der Waals surface area (Å²) >= 11 is 0. The van der Waals surface area contributed by atoms with E-state index < -0.39 is 0 Å². The lowest BCUT2D eigenvalue weighted by atomic mass is 10.0. The molecule has 0 aromatic heterocycles. The molecule has 2 aromatic carbocycles. The Morgan fingerprint density at radius 3 is 2.46 bits per heavy atom. The maximum absolute atomic E-state index is 12.4. The molecule has 4 nitrogen and oxygen atoms in total. The van der Waals surface area contributed by atoms with Gasteiger partial charge in [0.25, 0.3) is 0 Å². The molecular weight excluding hydrogens is 300 g/mol. The molecule has 128 valence electrons. The molecule has 2 rings (SSSR count). The van der Waals surface area contributed by atoms with Crippen molar-refractivity contribution in [1.29, 1.82) is 0 Å². The SMILES string of the molecule is CC[C@@H](N[C@H](C)C(=O)Nc1cccc(C)c1)c1ccc(OC)cc1. The van der Waals surface area contributed by atoms with E-state index in [0.29, 0.717) is 0 Å². The van der Waals surface area contributed by atoms with Crippen LogP contribution < -0.4 is 15.4 Å². The van der Waals surface area contributed by atoms with Gasteiger partial charge in [-0.05, 0) is 55.7 Å². The third-order valence-electron chi connectivity index (χ3n) is 4.06. The quantitative estimate of drug-likeness (QED) is 0.806. The number of hydrogen-bond donors (Lipinski definition) is 2. The minimum atomic E-state index is -0.294. The van der Waals surface area contributed by atoms with Gasteiger partial charge in [0.15, 0.2) is 0 Å². The molecule has 0 aliphatic carbocycles. The summed E-state index contributed by atoms with van der Waals surface area (Å²) in [5.74, 6) is 0.798. The second-order valence-corrected chi connectivity index (χ2v) is 5.98. The molecule has 2 atom stereocenters. The first-order chi connectivity index (χ1) is 11.5. The standard InChI is InChI=1S/C20H26N2O2/c1-5-19(16-9-11-18(24-4)12-10-16)21-15(3)20(23)22-17-8-6-7-14(2)13-17/h6-13,15,19,21H,5H2,1-4H3,(H,22,23)/t15-,19-/m1/s1. The number of nitrogens with one attached hydrogen (secondary N) is 2. The fourth-order valence-electron chi connectivity index (χ4n) is 2.64. The summed E-state index contributed by atoms with van der Waals surface area (Å²) in [5, 5.41) is 6.36. The van der Waals surface area contributed by atoms with Crippen LogP contribution in [-0.4, -0.2) is 19.1 Å². The van der Waals surface area contributed by atoms with Crippen LogP contribution in [0.25, 0.3) is 0 Å². The van der Waals surface area contributed by atoms with Crippen LogP contribution >= 0.6 is 0 Å². The summed E-state index contributed by atoms with van der Waals surface area (Å²) in [6.45, 7) is 6.00. The first-order valence-corrected chi connectivity index (χ1v) is 8.31. The molecule has 0 radical (unpaired) electrons. The number of amides is 1. The van der Waals surface area contributed by atoms with E-state index in [-0.39, 0.29) is 18.0 Å². The van der Waals surface area contributed by atoms with Gasteiger partial charge in [0.2, 0.25) is 5.91 Å². The molecule has 0 saturated heterocycles. The minimum absolute atomic E-state index is 0.0347. The average molecular weight is 326 g/mol. The molecule has 1 amide bonds. The fourth-order valence-corrected chi connectivity index (χ4v) is 2.64. The second-order valence-electron chi connectivity index (χ2n) is 5.98. The number of hydrogen-bond acceptors (Lipinski definition) is 3. The normalized spacial score (nSPS) is 13.2. The molecule has 24 heavy (non-hydrogen) atoms. The highest BCUT2D eigenvalue weighted by molar-refractivity contribution is 5.94. The van der Waals surface area contributed by atoms with E-state index in [9.17, 15) is 4.79 Å². The van der Waals surface area contributed by atoms with E-state index in [0.717, 1.165) is 29.0 Å². The van der Waals surface area contributed by atoms with E-state index >= 15 is 0 Å². The Morgan fingerprint density at radius 1 is 1.17 bits per heavy atom. The second kappa shape index (κ2) is 8.50. The highest BCUT2D eigenvalue weighted by Gasteiger charge is 2.18. The van der Waals surface area contributed by atoms with Crippen LogP contribution in [0.2, 0.25) is 0 Å². The van der Waals surface area contributed by atoms with Gasteiger partial charge in [0, 0.05) is 11.7 Å². The van der Waals surface area contributed by atoms with Gasteiger partial charge in [0.1, 0.15) is 5.75 Å². The van der Waals surface area contributed by atoms with E-state index in [4.69, 9.17) is 4.74 Å². The number of methoxy groups -OCH3 is 1. The van der Waals surface area contributed by atoms with Crippen LogP contribution in [-0.2, 0) is 4.79 Å². The Hall–Kier alpha value is -2.33. The molecule has 0 unspecified atom stereocenters. The summed E-state index contributed by atoms with van der Waals surface area (Å²) in [4.78, 5) is 12.4. The van der Waals surface area contributed by atoms with Crippen LogP contribution in [0.3, 0.4) is 0 Å². The Bertz CT molecular complexity index is 668. The highest BCUT2D eigenvalue weighted by atomic mass is 16.5. The molecule has 2 aromatic rings. The smallest absolute Gasteiger partial charge is 0.241 e. The van der Waals surface area contributed by atoms with Crippen LogP contribution in [0.1, 0.15) is 37.4 Å². The number of ether oxygens (including phenoxy) is 1. The zero-order valence-electron chi connectivity index (χ0n) is 14.8. The molecule has 0 aliphatic rings. The lowest BCUT2D eigenvalue weighted by Crippen LogP contribution is -2.40. The molecule has 0 saturated carbocycles. The van der Waals surface area contributed by atoms with E-state index in [1.54, 1.807) is 7.11 Å². The van der Waals surface area contributed by atoms with Crippen molar-refractivity contribution in [2.45, 2.75) is 39.3 Å². The fraction of sp³-hybridized carbons (Fsp3) is 0.350. The summed E-state index contributed by atoms with van der Waals surface area (Å²) in [6, 6.07) is 15.6. The van der Waals surface area contributed by atoms with Crippen molar-refractivity contribution in [2.75, 3.05) is 12.4 Å². The Labute approximate surface area is 144 Å². The van der Waals surface area contributed by atoms with Crippen molar-refractivity contribution in [3.05, 3.63) is 59.7 Å². The lowest BCUT2D eigenvalue weighted by Gasteiger charge is -2.22. The van der Waals surface area contributed by atoms with Gasteiger partial charge < -0.3 is 10.1 Å². The van der Waals surface area contributed by atoms with Gasteiger partial charge in [-0.25, -0.2) is 0 Å². The van der Waals surface area contributed by atoms with Crippen LogP contribution in [0, 0.1) is 6.92 Å². The molecule has 2 N–H and O–H groups in total.